The van der Waals surface area contributed by atoms with Crippen molar-refractivity contribution >= 4 is 50.3 Å². The van der Waals surface area contributed by atoms with E-state index in [0.717, 1.165) is 11.1 Å². The summed E-state index contributed by atoms with van der Waals surface area (Å²) < 4.78 is 29.1. The summed E-state index contributed by atoms with van der Waals surface area (Å²) in [5, 5.41) is 5.12. The van der Waals surface area contributed by atoms with Gasteiger partial charge in [0.05, 0.1) is 16.3 Å². The lowest BCUT2D eigenvalue weighted by atomic mass is 10.1. The van der Waals surface area contributed by atoms with Gasteiger partial charge in [0, 0.05) is 11.6 Å². The van der Waals surface area contributed by atoms with Gasteiger partial charge in [0.25, 0.3) is 5.91 Å². The van der Waals surface area contributed by atoms with Gasteiger partial charge in [0.1, 0.15) is 15.8 Å². The molecule has 2 N–H and O–H groups in total. The van der Waals surface area contributed by atoms with Crippen LogP contribution in [-0.2, 0) is 21.4 Å². The third kappa shape index (κ3) is 4.80. The highest BCUT2D eigenvalue weighted by Crippen LogP contribution is 2.34. The van der Waals surface area contributed by atoms with Crippen molar-refractivity contribution < 1.29 is 17.6 Å². The standard InChI is InChI=1S/C22H18N2O4S3/c1-14-2-4-15(5-3-14)13-24-21(25)20(30-22(24)29)12-17-8-11-19(28-17)16-6-9-18(10-7-16)31(23,26)27/h2-12H,13H2,1H3,(H2,23,26,27)/b20-12-. The maximum absolute atomic E-state index is 12.8. The van der Waals surface area contributed by atoms with Crippen LogP contribution in [0.4, 0.5) is 0 Å². The molecule has 2 heterocycles. The van der Waals surface area contributed by atoms with Gasteiger partial charge >= 0.3 is 0 Å². The van der Waals surface area contributed by atoms with Gasteiger partial charge in [-0.15, -0.1) is 0 Å². The molecule has 0 saturated carbocycles. The third-order valence-electron chi connectivity index (χ3n) is 4.70. The van der Waals surface area contributed by atoms with Gasteiger partial charge in [-0.3, -0.25) is 9.69 Å². The van der Waals surface area contributed by atoms with Crippen LogP contribution in [0.1, 0.15) is 16.9 Å². The number of aryl methyl sites for hydroxylation is 1. The molecule has 9 heteroatoms. The Morgan fingerprint density at radius 3 is 2.39 bits per heavy atom. The summed E-state index contributed by atoms with van der Waals surface area (Å²) in [6.45, 7) is 2.43. The van der Waals surface area contributed by atoms with Gasteiger partial charge in [-0.05, 0) is 48.9 Å². The minimum atomic E-state index is -3.75. The lowest BCUT2D eigenvalue weighted by Crippen LogP contribution is -2.27. The molecule has 0 radical (unpaired) electrons. The topological polar surface area (TPSA) is 93.6 Å². The van der Waals surface area contributed by atoms with Crippen LogP contribution in [-0.4, -0.2) is 23.5 Å². The zero-order valence-corrected chi connectivity index (χ0v) is 18.9. The SMILES string of the molecule is Cc1ccc(CN2C(=O)/C(=C/c3ccc(-c4ccc(S(N)(=O)=O)cc4)o3)SC2=S)cc1. The lowest BCUT2D eigenvalue weighted by molar-refractivity contribution is -0.122. The second-order valence-corrected chi connectivity index (χ2v) is 10.3. The fraction of sp³-hybridized carbons (Fsp3) is 0.0909. The highest BCUT2D eigenvalue weighted by atomic mass is 32.2. The summed E-state index contributed by atoms with van der Waals surface area (Å²) in [7, 11) is -3.75. The molecule has 1 aliphatic heterocycles. The summed E-state index contributed by atoms with van der Waals surface area (Å²) in [4.78, 5) is 14.9. The fourth-order valence-corrected chi connectivity index (χ4v) is 4.79. The van der Waals surface area contributed by atoms with E-state index in [9.17, 15) is 13.2 Å². The molecular formula is C22H18N2O4S3. The predicted octanol–water partition coefficient (Wildman–Crippen LogP) is 4.30. The van der Waals surface area contributed by atoms with E-state index in [0.29, 0.717) is 32.9 Å². The number of hydrogen-bond acceptors (Lipinski definition) is 6. The molecule has 31 heavy (non-hydrogen) atoms. The number of primary sulfonamides is 1. The number of amides is 1. The number of thiocarbonyl (C=S) groups is 1. The van der Waals surface area contributed by atoms with Gasteiger partial charge in [-0.25, -0.2) is 13.6 Å². The summed E-state index contributed by atoms with van der Waals surface area (Å²) in [6.07, 6.45) is 1.66. The summed E-state index contributed by atoms with van der Waals surface area (Å²) >= 11 is 6.63. The first-order valence-corrected chi connectivity index (χ1v) is 12.0. The fourth-order valence-electron chi connectivity index (χ4n) is 3.04. The van der Waals surface area contributed by atoms with Crippen molar-refractivity contribution in [2.45, 2.75) is 18.4 Å². The molecule has 1 fully saturated rings. The molecule has 0 spiro atoms. The average Bonchev–Trinajstić information content (AvgIpc) is 3.29. The molecule has 1 amide bonds. The highest BCUT2D eigenvalue weighted by Gasteiger charge is 2.32. The number of rotatable bonds is 5. The molecular weight excluding hydrogens is 452 g/mol. The van der Waals surface area contributed by atoms with Crippen LogP contribution < -0.4 is 5.14 Å². The van der Waals surface area contributed by atoms with Crippen molar-refractivity contribution in [3.63, 3.8) is 0 Å². The first-order chi connectivity index (χ1) is 14.7. The minimum Gasteiger partial charge on any atom is -0.457 e. The van der Waals surface area contributed by atoms with Crippen molar-refractivity contribution in [1.82, 2.24) is 4.90 Å². The van der Waals surface area contributed by atoms with E-state index in [-0.39, 0.29) is 10.8 Å². The maximum Gasteiger partial charge on any atom is 0.266 e. The van der Waals surface area contributed by atoms with E-state index < -0.39 is 10.0 Å². The van der Waals surface area contributed by atoms with Gasteiger partial charge in [0.2, 0.25) is 10.0 Å². The number of carbonyl (C=O) groups excluding carboxylic acids is 1. The van der Waals surface area contributed by atoms with E-state index >= 15 is 0 Å². The Kier molecular flexibility index (Phi) is 5.85. The van der Waals surface area contributed by atoms with Crippen molar-refractivity contribution in [3.8, 4) is 11.3 Å². The summed E-state index contributed by atoms with van der Waals surface area (Å²) in [6, 6.07) is 17.5. The number of furan rings is 1. The zero-order valence-electron chi connectivity index (χ0n) is 16.4. The van der Waals surface area contributed by atoms with Crippen molar-refractivity contribution in [2.24, 2.45) is 5.14 Å². The lowest BCUT2D eigenvalue weighted by Gasteiger charge is -2.14. The van der Waals surface area contributed by atoms with Crippen LogP contribution in [0, 0.1) is 6.92 Å². The van der Waals surface area contributed by atoms with E-state index in [4.69, 9.17) is 21.8 Å². The number of nitrogens with zero attached hydrogens (tertiary/aromatic N) is 1. The molecule has 1 saturated heterocycles. The quantitative estimate of drug-likeness (QED) is 0.441. The Labute approximate surface area is 189 Å². The molecule has 0 aliphatic carbocycles. The first-order valence-electron chi connectivity index (χ1n) is 9.25. The van der Waals surface area contributed by atoms with Crippen molar-refractivity contribution in [1.29, 1.82) is 0 Å². The molecule has 0 atom stereocenters. The van der Waals surface area contributed by atoms with Gasteiger partial charge in [-0.2, -0.15) is 0 Å². The van der Waals surface area contributed by atoms with Crippen molar-refractivity contribution in [2.75, 3.05) is 0 Å². The van der Waals surface area contributed by atoms with E-state index in [1.54, 1.807) is 35.2 Å². The number of carbonyl (C=O) groups is 1. The maximum atomic E-state index is 12.8. The Morgan fingerprint density at radius 2 is 1.74 bits per heavy atom. The van der Waals surface area contributed by atoms with Gasteiger partial charge < -0.3 is 4.42 Å². The van der Waals surface area contributed by atoms with Crippen LogP contribution in [0.25, 0.3) is 17.4 Å². The van der Waals surface area contributed by atoms with Crippen LogP contribution in [0.3, 0.4) is 0 Å². The predicted molar refractivity (Wildman–Crippen MR) is 125 cm³/mol. The largest absolute Gasteiger partial charge is 0.457 e. The third-order valence-corrected chi connectivity index (χ3v) is 7.01. The molecule has 158 valence electrons. The number of sulfonamides is 1. The number of benzene rings is 2. The molecule has 2 aromatic carbocycles. The molecule has 0 bridgehead atoms. The van der Waals surface area contributed by atoms with Crippen LogP contribution in [0.5, 0.6) is 0 Å². The van der Waals surface area contributed by atoms with E-state index in [1.807, 2.05) is 31.2 Å². The first kappa shape index (κ1) is 21.5. The zero-order chi connectivity index (χ0) is 22.2. The van der Waals surface area contributed by atoms with Gasteiger partial charge in [0.15, 0.2) is 0 Å². The molecule has 0 unspecified atom stereocenters. The molecule has 1 aliphatic rings. The normalized spacial score (nSPS) is 15.8. The number of hydrogen-bond donors (Lipinski definition) is 1. The van der Waals surface area contributed by atoms with Gasteiger partial charge in [-0.1, -0.05) is 53.8 Å². The van der Waals surface area contributed by atoms with Crippen molar-refractivity contribution in [3.05, 3.63) is 82.5 Å². The molecule has 4 rings (SSSR count). The number of nitrogens with two attached hydrogens (primary N) is 1. The summed E-state index contributed by atoms with van der Waals surface area (Å²) in [5.41, 5.74) is 2.85. The van der Waals surface area contributed by atoms with Crippen LogP contribution in [0.15, 0.2) is 74.9 Å². The number of thioether (sulfide) groups is 1. The second-order valence-electron chi connectivity index (χ2n) is 7.02. The Morgan fingerprint density at radius 1 is 1.06 bits per heavy atom. The summed E-state index contributed by atoms with van der Waals surface area (Å²) in [5.74, 6) is 0.884. The minimum absolute atomic E-state index is 0.0280. The smallest absolute Gasteiger partial charge is 0.266 e. The molecule has 1 aromatic heterocycles. The van der Waals surface area contributed by atoms with Crippen LogP contribution >= 0.6 is 24.0 Å². The van der Waals surface area contributed by atoms with E-state index in [1.165, 1.54) is 23.9 Å². The Bertz CT molecular complexity index is 1290. The average molecular weight is 471 g/mol. The van der Waals surface area contributed by atoms with E-state index in [2.05, 4.69) is 0 Å². The molecule has 3 aromatic rings. The van der Waals surface area contributed by atoms with Crippen LogP contribution in [0.2, 0.25) is 0 Å². The molecule has 6 nitrogen and oxygen atoms in total. The Balaban J connectivity index is 1.52. The Hall–Kier alpha value is -2.72. The monoisotopic (exact) mass is 470 g/mol. The highest BCUT2D eigenvalue weighted by molar-refractivity contribution is 8.26. The second kappa shape index (κ2) is 8.43.